The van der Waals surface area contributed by atoms with Gasteiger partial charge in [-0.25, -0.2) is 13.8 Å². The van der Waals surface area contributed by atoms with Crippen molar-refractivity contribution in [1.29, 1.82) is 0 Å². The maximum atomic E-state index is 13.5. The largest absolute Gasteiger partial charge is 0.396 e. The summed E-state index contributed by atoms with van der Waals surface area (Å²) < 4.78 is 26.7. The molecule has 1 saturated heterocycles. The number of hydrogen-bond donors (Lipinski definition) is 2. The van der Waals surface area contributed by atoms with Crippen molar-refractivity contribution in [1.82, 2.24) is 14.9 Å². The van der Waals surface area contributed by atoms with Gasteiger partial charge < -0.3 is 15.3 Å². The van der Waals surface area contributed by atoms with Crippen LogP contribution in [0, 0.1) is 11.6 Å². The average molecular weight is 391 g/mol. The van der Waals surface area contributed by atoms with Gasteiger partial charge in [-0.1, -0.05) is 6.07 Å². The molecule has 1 atom stereocenters. The fourth-order valence-electron chi connectivity index (χ4n) is 3.45. The third-order valence-corrected chi connectivity index (χ3v) is 4.80. The first-order valence-electron chi connectivity index (χ1n) is 9.59. The highest BCUT2D eigenvalue weighted by Gasteiger charge is 2.28. The van der Waals surface area contributed by atoms with Crippen LogP contribution >= 0.6 is 0 Å². The fourth-order valence-corrected chi connectivity index (χ4v) is 3.45. The third kappa shape index (κ3) is 5.14. The van der Waals surface area contributed by atoms with Crippen LogP contribution < -0.4 is 10.2 Å². The van der Waals surface area contributed by atoms with Crippen molar-refractivity contribution in [3.63, 3.8) is 0 Å². The van der Waals surface area contributed by atoms with E-state index in [9.17, 15) is 13.9 Å². The molecule has 1 unspecified atom stereocenters. The van der Waals surface area contributed by atoms with E-state index in [0.29, 0.717) is 25.5 Å². The Balaban J connectivity index is 1.70. The molecule has 1 aliphatic rings. The van der Waals surface area contributed by atoms with Crippen molar-refractivity contribution in [2.75, 3.05) is 36.5 Å². The quantitative estimate of drug-likeness (QED) is 0.757. The van der Waals surface area contributed by atoms with Gasteiger partial charge in [-0.05, 0) is 44.0 Å². The maximum absolute atomic E-state index is 13.5. The van der Waals surface area contributed by atoms with Crippen LogP contribution in [0.15, 0.2) is 30.5 Å². The molecule has 1 aromatic carbocycles. The number of nitrogens with zero attached hydrogens (tertiary/aromatic N) is 4. The minimum atomic E-state index is -0.840. The molecular weight excluding hydrogens is 364 g/mol. The van der Waals surface area contributed by atoms with Crippen LogP contribution in [0.25, 0.3) is 0 Å². The molecule has 2 N–H and O–H groups in total. The lowest BCUT2D eigenvalue weighted by atomic mass is 10.1. The van der Waals surface area contributed by atoms with Gasteiger partial charge in [0.05, 0.1) is 0 Å². The molecule has 152 valence electrons. The summed E-state index contributed by atoms with van der Waals surface area (Å²) in [5.74, 6) is -0.241. The lowest BCUT2D eigenvalue weighted by molar-refractivity contribution is 0.134. The number of anilines is 2. The van der Waals surface area contributed by atoms with E-state index in [1.807, 2.05) is 6.07 Å². The van der Waals surface area contributed by atoms with Gasteiger partial charge in [0, 0.05) is 51.1 Å². The van der Waals surface area contributed by atoms with Crippen LogP contribution in [0.2, 0.25) is 0 Å². The molecule has 2 heterocycles. The van der Waals surface area contributed by atoms with E-state index < -0.39 is 11.6 Å². The number of aromatic nitrogens is 2. The summed E-state index contributed by atoms with van der Waals surface area (Å²) in [5.41, 5.74) is 0.717. The van der Waals surface area contributed by atoms with E-state index >= 15 is 0 Å². The maximum Gasteiger partial charge on any atom is 0.227 e. The monoisotopic (exact) mass is 391 g/mol. The van der Waals surface area contributed by atoms with E-state index in [-0.39, 0.29) is 18.7 Å². The van der Waals surface area contributed by atoms with Crippen molar-refractivity contribution in [3.05, 3.63) is 47.7 Å². The zero-order valence-corrected chi connectivity index (χ0v) is 16.3. The van der Waals surface area contributed by atoms with Crippen LogP contribution in [0.5, 0.6) is 0 Å². The summed E-state index contributed by atoms with van der Waals surface area (Å²) >= 11 is 0. The number of piperazine rings is 1. The normalized spacial score (nSPS) is 17.9. The SMILES string of the molecule is CC(C)Nc1ccnc(N2CCN(Cc3ccc(F)c(F)c3)C(CCO)C2)n1. The van der Waals surface area contributed by atoms with Gasteiger partial charge in [0.2, 0.25) is 5.95 Å². The predicted octanol–water partition coefficient (Wildman–Crippen LogP) is 2.65. The smallest absolute Gasteiger partial charge is 0.227 e. The molecule has 0 radical (unpaired) electrons. The molecule has 1 aromatic heterocycles. The summed E-state index contributed by atoms with van der Waals surface area (Å²) in [6.07, 6.45) is 2.33. The number of aliphatic hydroxyl groups excluding tert-OH is 1. The molecule has 6 nitrogen and oxygen atoms in total. The van der Waals surface area contributed by atoms with E-state index in [1.165, 1.54) is 6.07 Å². The number of aliphatic hydroxyl groups is 1. The van der Waals surface area contributed by atoms with Crippen molar-refractivity contribution in [2.24, 2.45) is 0 Å². The Bertz CT molecular complexity index is 789. The Morgan fingerprint density at radius 1 is 1.21 bits per heavy atom. The minimum Gasteiger partial charge on any atom is -0.396 e. The molecule has 0 bridgehead atoms. The Hall–Kier alpha value is -2.32. The number of halogens is 2. The summed E-state index contributed by atoms with van der Waals surface area (Å²) in [6.45, 7) is 6.77. The third-order valence-electron chi connectivity index (χ3n) is 4.80. The van der Waals surface area contributed by atoms with Crippen LogP contribution in [0.4, 0.5) is 20.5 Å². The molecule has 28 heavy (non-hydrogen) atoms. The molecule has 1 aliphatic heterocycles. The summed E-state index contributed by atoms with van der Waals surface area (Å²) in [7, 11) is 0. The summed E-state index contributed by atoms with van der Waals surface area (Å²) in [6, 6.07) is 6.18. The first-order valence-corrected chi connectivity index (χ1v) is 9.59. The molecule has 0 aliphatic carbocycles. The van der Waals surface area contributed by atoms with Gasteiger partial charge in [0.25, 0.3) is 0 Å². The van der Waals surface area contributed by atoms with Crippen molar-refractivity contribution < 1.29 is 13.9 Å². The highest BCUT2D eigenvalue weighted by Crippen LogP contribution is 2.21. The number of nitrogens with one attached hydrogen (secondary N) is 1. The van der Waals surface area contributed by atoms with Crippen LogP contribution in [0.1, 0.15) is 25.8 Å². The van der Waals surface area contributed by atoms with Gasteiger partial charge in [-0.15, -0.1) is 0 Å². The molecular formula is C20H27F2N5O. The summed E-state index contributed by atoms with van der Waals surface area (Å²) in [5, 5.41) is 12.8. The van der Waals surface area contributed by atoms with E-state index in [0.717, 1.165) is 30.5 Å². The topological polar surface area (TPSA) is 64.5 Å². The van der Waals surface area contributed by atoms with Crippen LogP contribution in [0.3, 0.4) is 0 Å². The minimum absolute atomic E-state index is 0.0581. The van der Waals surface area contributed by atoms with Gasteiger partial charge in [0.1, 0.15) is 5.82 Å². The lowest BCUT2D eigenvalue weighted by Gasteiger charge is -2.41. The van der Waals surface area contributed by atoms with Crippen molar-refractivity contribution in [2.45, 2.75) is 38.9 Å². The fraction of sp³-hybridized carbons (Fsp3) is 0.500. The van der Waals surface area contributed by atoms with Crippen LogP contribution in [-0.2, 0) is 6.54 Å². The van der Waals surface area contributed by atoms with Crippen molar-refractivity contribution >= 4 is 11.8 Å². The standard InChI is InChI=1S/C20H27F2N5O/c1-14(2)24-19-5-7-23-20(25-19)27-9-8-26(16(13-27)6-10-28)12-15-3-4-17(21)18(22)11-15/h3-5,7,11,14,16,28H,6,8-10,12-13H2,1-2H3,(H,23,24,25). The molecule has 0 amide bonds. The summed E-state index contributed by atoms with van der Waals surface area (Å²) in [4.78, 5) is 13.3. The van der Waals surface area contributed by atoms with Crippen molar-refractivity contribution in [3.8, 4) is 0 Å². The first-order chi connectivity index (χ1) is 13.5. The Labute approximate surface area is 164 Å². The second-order valence-corrected chi connectivity index (χ2v) is 7.37. The van der Waals surface area contributed by atoms with E-state index in [2.05, 4.69) is 38.9 Å². The van der Waals surface area contributed by atoms with Gasteiger partial charge in [-0.2, -0.15) is 4.98 Å². The Kier molecular flexibility index (Phi) is 6.74. The molecule has 3 rings (SSSR count). The second-order valence-electron chi connectivity index (χ2n) is 7.37. The average Bonchev–Trinajstić information content (AvgIpc) is 2.66. The highest BCUT2D eigenvalue weighted by molar-refractivity contribution is 5.42. The van der Waals surface area contributed by atoms with Gasteiger partial charge in [-0.3, -0.25) is 4.90 Å². The first kappa shape index (κ1) is 20.4. The predicted molar refractivity (Wildman–Crippen MR) is 105 cm³/mol. The number of benzene rings is 1. The number of rotatable bonds is 7. The molecule has 1 fully saturated rings. The molecule has 8 heteroatoms. The van der Waals surface area contributed by atoms with E-state index in [4.69, 9.17) is 0 Å². The number of hydrogen-bond acceptors (Lipinski definition) is 6. The zero-order valence-electron chi connectivity index (χ0n) is 16.3. The second kappa shape index (κ2) is 9.25. The Morgan fingerprint density at radius 2 is 2.04 bits per heavy atom. The van der Waals surface area contributed by atoms with E-state index in [1.54, 1.807) is 12.3 Å². The lowest BCUT2D eigenvalue weighted by Crippen LogP contribution is -2.53. The highest BCUT2D eigenvalue weighted by atomic mass is 19.2. The zero-order chi connectivity index (χ0) is 20.1. The molecule has 0 spiro atoms. The Morgan fingerprint density at radius 3 is 2.75 bits per heavy atom. The van der Waals surface area contributed by atoms with Crippen LogP contribution in [-0.4, -0.2) is 58.3 Å². The molecule has 2 aromatic rings. The van der Waals surface area contributed by atoms with Gasteiger partial charge in [0.15, 0.2) is 11.6 Å². The van der Waals surface area contributed by atoms with Gasteiger partial charge >= 0.3 is 0 Å². The molecule has 0 saturated carbocycles.